The summed E-state index contributed by atoms with van der Waals surface area (Å²) in [7, 11) is -8.32. The molecule has 1 saturated carbocycles. The Hall–Kier alpha value is -5.54. The maximum atomic E-state index is 15.6. The monoisotopic (exact) mass is 1070 g/mol. The molecule has 1 amide bonds. The molecule has 0 bridgehead atoms. The number of pyridine rings is 1. The molecule has 4 atom stereocenters. The van der Waals surface area contributed by atoms with Crippen molar-refractivity contribution in [3.05, 3.63) is 93.0 Å². The Morgan fingerprint density at radius 2 is 1.61 bits per heavy atom. The van der Waals surface area contributed by atoms with Gasteiger partial charge >= 0.3 is 18.3 Å². The molecular formula is C43H43ClF10N8O7S2. The number of carbonyl (C=O) groups is 2. The highest BCUT2D eigenvalue weighted by Gasteiger charge is 2.68. The average Bonchev–Trinajstić information content (AvgIpc) is 3.73. The fourth-order valence-corrected chi connectivity index (χ4v) is 9.82. The Morgan fingerprint density at radius 1 is 0.972 bits per heavy atom. The number of rotatable bonds is 17. The second-order valence-corrected chi connectivity index (χ2v) is 23.1. The number of esters is 1. The van der Waals surface area contributed by atoms with Crippen molar-refractivity contribution in [1.82, 2.24) is 29.9 Å². The van der Waals surface area contributed by atoms with Gasteiger partial charge in [0, 0.05) is 40.6 Å². The van der Waals surface area contributed by atoms with Crippen LogP contribution in [0.1, 0.15) is 79.5 Å². The number of amides is 1. The van der Waals surface area contributed by atoms with E-state index in [0.29, 0.717) is 21.3 Å². The van der Waals surface area contributed by atoms with Crippen molar-refractivity contribution in [2.75, 3.05) is 23.5 Å². The van der Waals surface area contributed by atoms with Crippen LogP contribution in [0.3, 0.4) is 0 Å². The van der Waals surface area contributed by atoms with Crippen molar-refractivity contribution >= 4 is 60.1 Å². The van der Waals surface area contributed by atoms with Crippen LogP contribution in [0.2, 0.25) is 5.02 Å². The minimum Gasteiger partial charge on any atom is -0.442 e. The molecule has 0 saturated heterocycles. The molecule has 7 rings (SSSR count). The highest BCUT2D eigenvalue weighted by atomic mass is 35.5. The van der Waals surface area contributed by atoms with Gasteiger partial charge in [-0.15, -0.1) is 0 Å². The maximum absolute atomic E-state index is 15.6. The maximum Gasteiger partial charge on any atom is 0.435 e. The van der Waals surface area contributed by atoms with Gasteiger partial charge in [0.15, 0.2) is 28.1 Å². The lowest BCUT2D eigenvalue weighted by Gasteiger charge is -2.25. The van der Waals surface area contributed by atoms with Gasteiger partial charge in [-0.1, -0.05) is 23.7 Å². The summed E-state index contributed by atoms with van der Waals surface area (Å²) in [5, 5.41) is 8.99. The van der Waals surface area contributed by atoms with Gasteiger partial charge in [0.1, 0.15) is 36.5 Å². The molecule has 3 heterocycles. The van der Waals surface area contributed by atoms with E-state index in [0.717, 1.165) is 30.5 Å². The summed E-state index contributed by atoms with van der Waals surface area (Å²) in [5.74, 6) is -11.9. The summed E-state index contributed by atoms with van der Waals surface area (Å²) in [6.07, 6.45) is -9.83. The van der Waals surface area contributed by atoms with Gasteiger partial charge in [-0.25, -0.2) is 29.9 Å². The van der Waals surface area contributed by atoms with Gasteiger partial charge < -0.3 is 15.8 Å². The number of sulfonamides is 1. The lowest BCUT2D eigenvalue weighted by atomic mass is 9.93. The molecule has 15 nitrogen and oxygen atoms in total. The van der Waals surface area contributed by atoms with E-state index in [2.05, 4.69) is 15.5 Å². The molecule has 1 fully saturated rings. The number of anilines is 1. The topological polar surface area (TPSA) is 201 Å². The Morgan fingerprint density at radius 3 is 2.18 bits per heavy atom. The standard InChI is InChI=1S/C43H43ClF10N8O7S2/c1-20(55)39(64)69-19-62(71(5,67)68)38-33-29(44)9-8-26(35(33)61(59-38)18-41(47,48)49)25-7-6-24(10-11-40(2,3)70(4,65)66)56-34(25)30(14-21-12-22(45)15-23(46)13-21)57-31(63)17-60-37-32(36(58-60)43(52,53)54)27-16-28(27)42(37,50)51/h6-9,12-13,15,20,27-28,30H,10-11,14,16-19,55H2,1-5H3,(H,57,63)/t20-,27?,28+,30-/m0/s1. The first-order valence-corrected chi connectivity index (χ1v) is 25.4. The van der Waals surface area contributed by atoms with E-state index in [1.165, 1.54) is 32.9 Å². The molecule has 0 radical (unpaired) electrons. The van der Waals surface area contributed by atoms with Crippen molar-refractivity contribution in [2.24, 2.45) is 11.7 Å². The highest BCUT2D eigenvalue weighted by Crippen LogP contribution is 2.68. The van der Waals surface area contributed by atoms with Crippen LogP contribution in [-0.2, 0) is 72.2 Å². The lowest BCUT2D eigenvalue weighted by Crippen LogP contribution is -2.37. The van der Waals surface area contributed by atoms with Crippen LogP contribution in [0.25, 0.3) is 22.0 Å². The zero-order chi connectivity index (χ0) is 52.7. The van der Waals surface area contributed by atoms with E-state index < -0.39 is 155 Å². The van der Waals surface area contributed by atoms with E-state index in [9.17, 15) is 61.5 Å². The second kappa shape index (κ2) is 18.5. The van der Waals surface area contributed by atoms with Crippen molar-refractivity contribution < 1.29 is 75.1 Å². The van der Waals surface area contributed by atoms with Gasteiger partial charge in [-0.2, -0.15) is 45.3 Å². The van der Waals surface area contributed by atoms with Crippen molar-refractivity contribution in [3.63, 3.8) is 0 Å². The van der Waals surface area contributed by atoms with Crippen molar-refractivity contribution in [1.29, 1.82) is 0 Å². The van der Waals surface area contributed by atoms with Crippen LogP contribution in [0.5, 0.6) is 0 Å². The highest BCUT2D eigenvalue weighted by molar-refractivity contribution is 7.92. The Bertz CT molecular complexity index is 3160. The van der Waals surface area contributed by atoms with Crippen LogP contribution in [0, 0.1) is 17.6 Å². The van der Waals surface area contributed by atoms with Gasteiger partial charge in [0.05, 0.1) is 38.7 Å². The van der Waals surface area contributed by atoms with Gasteiger partial charge in [-0.3, -0.25) is 23.9 Å². The van der Waals surface area contributed by atoms with E-state index in [1.54, 1.807) is 0 Å². The second-order valence-electron chi connectivity index (χ2n) is 18.1. The molecule has 71 heavy (non-hydrogen) atoms. The summed E-state index contributed by atoms with van der Waals surface area (Å²) in [6, 6.07) is 4.09. The third kappa shape index (κ3) is 11.0. The number of ether oxygens (including phenoxy) is 1. The largest absolute Gasteiger partial charge is 0.442 e. The molecule has 386 valence electrons. The zero-order valence-electron chi connectivity index (χ0n) is 37.9. The molecule has 3 aromatic heterocycles. The number of sulfone groups is 1. The lowest BCUT2D eigenvalue weighted by molar-refractivity contribution is -0.144. The number of alkyl halides is 8. The summed E-state index contributed by atoms with van der Waals surface area (Å²) < 4.78 is 203. The van der Waals surface area contributed by atoms with Gasteiger partial charge in [0.2, 0.25) is 15.9 Å². The van der Waals surface area contributed by atoms with Gasteiger partial charge in [-0.05, 0) is 82.2 Å². The average molecular weight is 1070 g/mol. The summed E-state index contributed by atoms with van der Waals surface area (Å²) in [6.45, 7) is -0.299. The molecule has 3 N–H and O–H groups in total. The van der Waals surface area contributed by atoms with E-state index in [4.69, 9.17) is 27.1 Å². The number of nitrogens with two attached hydrogens (primary N) is 1. The van der Waals surface area contributed by atoms with Crippen LogP contribution in [-0.4, -0.2) is 89.5 Å². The quantitative estimate of drug-likeness (QED) is 0.0531. The van der Waals surface area contributed by atoms with Crippen LogP contribution < -0.4 is 15.4 Å². The van der Waals surface area contributed by atoms with Crippen LogP contribution in [0.15, 0.2) is 42.5 Å². The Balaban J connectivity index is 1.45. The fraction of sp³-hybridized carbons (Fsp3) is 0.465. The smallest absolute Gasteiger partial charge is 0.435 e. The van der Waals surface area contributed by atoms with E-state index >= 15 is 8.78 Å². The van der Waals surface area contributed by atoms with E-state index in [-0.39, 0.29) is 52.0 Å². The van der Waals surface area contributed by atoms with Crippen molar-refractivity contribution in [3.8, 4) is 11.1 Å². The number of aryl methyl sites for hydroxylation is 1. The summed E-state index contributed by atoms with van der Waals surface area (Å²) in [5.41, 5.74) is 0.537. The number of fused-ring (bicyclic) bond motifs is 4. The number of carbonyl (C=O) groups excluding carboxylic acids is 2. The Kier molecular flexibility index (Phi) is 13.9. The number of aromatic nitrogens is 5. The van der Waals surface area contributed by atoms with Crippen LogP contribution >= 0.6 is 11.6 Å². The number of nitrogens with one attached hydrogen (secondary N) is 1. The van der Waals surface area contributed by atoms with Crippen molar-refractivity contribution in [2.45, 2.75) is 101 Å². The fourth-order valence-electron chi connectivity index (χ4n) is 8.42. The number of benzene rings is 2. The normalized spacial score (nSPS) is 17.7. The summed E-state index contributed by atoms with van der Waals surface area (Å²) in [4.78, 5) is 31.2. The van der Waals surface area contributed by atoms with E-state index in [1.807, 2.05) is 0 Å². The first-order chi connectivity index (χ1) is 32.6. The molecule has 0 spiro atoms. The number of hydrogen-bond donors (Lipinski definition) is 2. The molecule has 2 aromatic carbocycles. The predicted molar refractivity (Wildman–Crippen MR) is 236 cm³/mol. The number of nitrogens with zero attached hydrogens (tertiary/aromatic N) is 6. The molecule has 5 aromatic rings. The number of hydrogen-bond acceptors (Lipinski definition) is 11. The molecule has 28 heteroatoms. The molecule has 2 aliphatic carbocycles. The summed E-state index contributed by atoms with van der Waals surface area (Å²) >= 11 is 6.64. The third-order valence-corrected chi connectivity index (χ3v) is 15.9. The zero-order valence-corrected chi connectivity index (χ0v) is 40.3. The SMILES string of the molecule is C[C@H](N)C(=O)OCN(c1nn(CC(F)(F)F)c2c(-c3ccc(CCC(C)(C)S(C)(=O)=O)nc3[C@H](Cc3cc(F)cc(F)c3)NC(=O)Cn3nc(C(F)(F)F)c4c3C(F)(F)[C@@H]3CC43)ccc(Cl)c12)S(C)(=O)=O. The molecule has 2 aliphatic rings. The molecule has 1 unspecified atom stereocenters. The van der Waals surface area contributed by atoms with Crippen LogP contribution in [0.4, 0.5) is 49.7 Å². The first kappa shape index (κ1) is 53.3. The Labute approximate surface area is 403 Å². The van der Waals surface area contributed by atoms with Gasteiger partial charge in [0.25, 0.3) is 5.92 Å². The molecular weight excluding hydrogens is 1030 g/mol. The predicted octanol–water partition coefficient (Wildman–Crippen LogP) is 7.49. The first-order valence-electron chi connectivity index (χ1n) is 21.2. The molecule has 0 aliphatic heterocycles. The minimum absolute atomic E-state index is 0.0672. The third-order valence-electron chi connectivity index (χ3n) is 12.3. The number of halogens is 11. The minimum atomic E-state index is -5.21.